The predicted octanol–water partition coefficient (Wildman–Crippen LogP) is 12.1. The molecule has 0 aromatic heterocycles. The van der Waals surface area contributed by atoms with Crippen LogP contribution in [0.25, 0.3) is 0 Å². The molecular formula is C54H55ClO5. The number of fused-ring (bicyclic) bond motifs is 2. The zero-order valence-electron chi connectivity index (χ0n) is 34.5. The van der Waals surface area contributed by atoms with Crippen molar-refractivity contribution in [2.24, 2.45) is 0 Å². The zero-order valence-corrected chi connectivity index (χ0v) is 35.2. The minimum atomic E-state index is -0.933. The van der Waals surface area contributed by atoms with Crippen LogP contribution < -0.4 is 0 Å². The summed E-state index contributed by atoms with van der Waals surface area (Å²) in [6, 6.07) is 54.5. The standard InChI is InChI=1S/C54H55ClO5/c1-3-17-45-33-54(48-31-46(49(55)32-47(45)48)30-40-28-26-39(4-2)27-29-40)53(59-37-44-24-15-8-16-25-44)52(58-36-43-22-13-7-14-23-43)51(57-35-42-20-11-6-12-21-42)50(60-54)38-56-34-41-18-9-5-10-19-41/h3,5-16,18-29,31-32,45,50-53H,1,4,17,30,33-38H2,2H3/t45?,50-,51-,52+,53-,54+/m1/s1. The van der Waals surface area contributed by atoms with Gasteiger partial charge < -0.3 is 23.7 Å². The Morgan fingerprint density at radius 1 is 0.633 bits per heavy atom. The largest absolute Gasteiger partial charge is 0.374 e. The van der Waals surface area contributed by atoms with Gasteiger partial charge in [0.2, 0.25) is 0 Å². The summed E-state index contributed by atoms with van der Waals surface area (Å²) in [6.45, 7) is 8.22. The Kier molecular flexibility index (Phi) is 14.1. The highest BCUT2D eigenvalue weighted by molar-refractivity contribution is 6.31. The molecule has 1 aliphatic heterocycles. The Balaban J connectivity index is 1.25. The molecule has 1 spiro atoms. The minimum Gasteiger partial charge on any atom is -0.374 e. The fourth-order valence-electron chi connectivity index (χ4n) is 8.92. The molecule has 8 rings (SSSR count). The molecule has 1 aliphatic carbocycles. The molecule has 6 heteroatoms. The molecule has 6 atom stereocenters. The van der Waals surface area contributed by atoms with Crippen molar-refractivity contribution >= 4 is 11.6 Å². The Bertz CT molecular complexity index is 2250. The second kappa shape index (κ2) is 20.1. The van der Waals surface area contributed by atoms with Crippen LogP contribution in [-0.2, 0) is 68.6 Å². The highest BCUT2D eigenvalue weighted by Gasteiger charge is 2.61. The molecule has 308 valence electrons. The van der Waals surface area contributed by atoms with Crippen molar-refractivity contribution in [2.45, 2.75) is 95.0 Å². The van der Waals surface area contributed by atoms with E-state index in [0.29, 0.717) is 45.9 Å². The number of rotatable bonds is 18. The average Bonchev–Trinajstić information content (AvgIpc) is 3.57. The summed E-state index contributed by atoms with van der Waals surface area (Å²) in [6.07, 6.45) is 2.94. The number of benzene rings is 6. The maximum atomic E-state index is 7.70. The van der Waals surface area contributed by atoms with Crippen LogP contribution in [0, 0.1) is 0 Å². The van der Waals surface area contributed by atoms with Crippen LogP contribution in [0.15, 0.2) is 170 Å². The van der Waals surface area contributed by atoms with Gasteiger partial charge in [0.05, 0.1) is 33.0 Å². The zero-order chi connectivity index (χ0) is 41.2. The normalized spacial score (nSPS) is 22.1. The van der Waals surface area contributed by atoms with Crippen molar-refractivity contribution in [3.8, 4) is 0 Å². The van der Waals surface area contributed by atoms with Crippen molar-refractivity contribution in [1.82, 2.24) is 0 Å². The minimum absolute atomic E-state index is 0.0955. The molecule has 0 radical (unpaired) electrons. The molecule has 0 bridgehead atoms. The lowest BCUT2D eigenvalue weighted by Crippen LogP contribution is -2.65. The fraction of sp³-hybridized carbons (Fsp3) is 0.296. The topological polar surface area (TPSA) is 46.2 Å². The molecule has 2 aliphatic rings. The van der Waals surface area contributed by atoms with E-state index in [2.05, 4.69) is 98.4 Å². The lowest BCUT2D eigenvalue weighted by atomic mass is 9.79. The molecule has 6 aromatic carbocycles. The van der Waals surface area contributed by atoms with Crippen LogP contribution in [0.3, 0.4) is 0 Å². The molecule has 0 saturated carbocycles. The van der Waals surface area contributed by atoms with Crippen LogP contribution in [0.4, 0.5) is 0 Å². The van der Waals surface area contributed by atoms with Crippen molar-refractivity contribution in [2.75, 3.05) is 6.61 Å². The average molecular weight is 819 g/mol. The van der Waals surface area contributed by atoms with E-state index in [1.807, 2.05) is 78.9 Å². The van der Waals surface area contributed by atoms with E-state index >= 15 is 0 Å². The lowest BCUT2D eigenvalue weighted by Gasteiger charge is -2.52. The molecule has 0 amide bonds. The second-order valence-corrected chi connectivity index (χ2v) is 16.5. The maximum absolute atomic E-state index is 7.70. The van der Waals surface area contributed by atoms with E-state index in [4.69, 9.17) is 35.3 Å². The molecule has 0 N–H and O–H groups in total. The van der Waals surface area contributed by atoms with Gasteiger partial charge in [-0.25, -0.2) is 0 Å². The first-order valence-corrected chi connectivity index (χ1v) is 21.7. The third-order valence-corrected chi connectivity index (χ3v) is 12.3. The van der Waals surface area contributed by atoms with Gasteiger partial charge >= 0.3 is 0 Å². The molecule has 60 heavy (non-hydrogen) atoms. The van der Waals surface area contributed by atoms with Crippen LogP contribution in [-0.4, -0.2) is 31.0 Å². The Morgan fingerprint density at radius 3 is 1.70 bits per heavy atom. The van der Waals surface area contributed by atoms with Gasteiger partial charge in [0, 0.05) is 5.02 Å². The molecule has 6 aromatic rings. The summed E-state index contributed by atoms with van der Waals surface area (Å²) in [7, 11) is 0. The number of ether oxygens (including phenoxy) is 5. The van der Waals surface area contributed by atoms with E-state index in [0.717, 1.165) is 56.8 Å². The van der Waals surface area contributed by atoms with E-state index < -0.39 is 30.0 Å². The van der Waals surface area contributed by atoms with E-state index in [1.165, 1.54) is 11.1 Å². The number of hydrogen-bond donors (Lipinski definition) is 0. The third-order valence-electron chi connectivity index (χ3n) is 12.0. The van der Waals surface area contributed by atoms with Gasteiger partial charge in [-0.15, -0.1) is 6.58 Å². The van der Waals surface area contributed by atoms with Gasteiger partial charge in [-0.3, -0.25) is 0 Å². The quantitative estimate of drug-likeness (QED) is 0.0809. The lowest BCUT2D eigenvalue weighted by molar-refractivity contribution is -0.313. The van der Waals surface area contributed by atoms with Crippen LogP contribution in [0.1, 0.15) is 75.8 Å². The molecular weight excluding hydrogens is 764 g/mol. The molecule has 1 unspecified atom stereocenters. The van der Waals surface area contributed by atoms with Crippen LogP contribution in [0.5, 0.6) is 0 Å². The highest BCUT2D eigenvalue weighted by Crippen LogP contribution is 2.56. The summed E-state index contributed by atoms with van der Waals surface area (Å²) in [5, 5.41) is 0.751. The first-order valence-electron chi connectivity index (χ1n) is 21.3. The summed E-state index contributed by atoms with van der Waals surface area (Å²) < 4.78 is 35.8. The molecule has 5 nitrogen and oxygen atoms in total. The number of allylic oxidation sites excluding steroid dienone is 1. The fourth-order valence-corrected chi connectivity index (χ4v) is 9.16. The Labute approximate surface area is 360 Å². The number of aryl methyl sites for hydroxylation is 1. The van der Waals surface area contributed by atoms with Crippen LogP contribution in [0.2, 0.25) is 5.02 Å². The highest BCUT2D eigenvalue weighted by atomic mass is 35.5. The maximum Gasteiger partial charge on any atom is 0.123 e. The second-order valence-electron chi connectivity index (χ2n) is 16.1. The van der Waals surface area contributed by atoms with Crippen molar-refractivity contribution in [3.63, 3.8) is 0 Å². The molecule has 1 saturated heterocycles. The smallest absolute Gasteiger partial charge is 0.123 e. The first kappa shape index (κ1) is 41.9. The van der Waals surface area contributed by atoms with Crippen molar-refractivity contribution in [1.29, 1.82) is 0 Å². The predicted molar refractivity (Wildman–Crippen MR) is 240 cm³/mol. The van der Waals surface area contributed by atoms with Gasteiger partial charge in [-0.05, 0) is 87.7 Å². The van der Waals surface area contributed by atoms with E-state index in [9.17, 15) is 0 Å². The van der Waals surface area contributed by atoms with Gasteiger partial charge in [0.25, 0.3) is 0 Å². The van der Waals surface area contributed by atoms with Crippen molar-refractivity contribution < 1.29 is 23.7 Å². The van der Waals surface area contributed by atoms with Gasteiger partial charge in [0.1, 0.15) is 30.0 Å². The first-order chi connectivity index (χ1) is 29.5. The SMILES string of the molecule is C=CCC1C[C@]2(O[C@H](COCc3ccccc3)[C@@H](OCc3ccccc3)[C@H](OCc3ccccc3)[C@H]2OCc2ccccc2)c2cc(Cc3ccc(CC)cc3)c(Cl)cc21. The number of hydrogen-bond acceptors (Lipinski definition) is 5. The third kappa shape index (κ3) is 9.85. The van der Waals surface area contributed by atoms with Gasteiger partial charge in [-0.1, -0.05) is 176 Å². The Hall–Kier alpha value is -4.85. The summed E-state index contributed by atoms with van der Waals surface area (Å²) in [5.41, 5.74) is 9.16. The van der Waals surface area contributed by atoms with Gasteiger partial charge in [0.15, 0.2) is 0 Å². The molecule has 1 fully saturated rings. The van der Waals surface area contributed by atoms with Gasteiger partial charge in [-0.2, -0.15) is 0 Å². The summed E-state index contributed by atoms with van der Waals surface area (Å²) >= 11 is 7.25. The van der Waals surface area contributed by atoms with E-state index in [-0.39, 0.29) is 5.92 Å². The molecule has 1 heterocycles. The Morgan fingerprint density at radius 2 is 1.15 bits per heavy atom. The van der Waals surface area contributed by atoms with Crippen molar-refractivity contribution in [3.05, 3.63) is 225 Å². The van der Waals surface area contributed by atoms with E-state index in [1.54, 1.807) is 0 Å². The van der Waals surface area contributed by atoms with Crippen LogP contribution >= 0.6 is 11.6 Å². The summed E-state index contributed by atoms with van der Waals surface area (Å²) in [4.78, 5) is 0. The monoisotopic (exact) mass is 818 g/mol. The number of halogens is 1. The summed E-state index contributed by atoms with van der Waals surface area (Å²) in [5.74, 6) is 0.0955.